The van der Waals surface area contributed by atoms with Gasteiger partial charge < -0.3 is 35.1 Å². The Balaban J connectivity index is 0.883. The maximum atomic E-state index is 14.0. The van der Waals surface area contributed by atoms with Gasteiger partial charge in [0.05, 0.1) is 32.8 Å². The fourth-order valence-electron chi connectivity index (χ4n) is 9.57. The van der Waals surface area contributed by atoms with E-state index in [0.29, 0.717) is 66.6 Å². The van der Waals surface area contributed by atoms with Crippen LogP contribution in [0.3, 0.4) is 0 Å². The number of nitriles is 1. The topological polar surface area (TPSA) is 172 Å². The number of ether oxygens (including phenoxy) is 3. The average molecular weight is 954 g/mol. The van der Waals surface area contributed by atoms with Crippen LogP contribution in [-0.4, -0.2) is 83.6 Å². The van der Waals surface area contributed by atoms with Gasteiger partial charge in [0.1, 0.15) is 42.4 Å². The van der Waals surface area contributed by atoms with E-state index < -0.39 is 17.5 Å². The van der Waals surface area contributed by atoms with Crippen LogP contribution < -0.4 is 25.4 Å². The van der Waals surface area contributed by atoms with Crippen molar-refractivity contribution in [2.45, 2.75) is 131 Å². The summed E-state index contributed by atoms with van der Waals surface area (Å²) in [4.78, 5) is 60.9. The van der Waals surface area contributed by atoms with Gasteiger partial charge in [0.25, 0.3) is 5.91 Å². The standard InChI is InChI=1S/C52H65ClN6O7S/c1-32(65-38-22-19-36(20-23-38)45(61)58-48-51(6,7)49(52(48,8)9)66-39-24-21-37(28-54)40(53)27-39)13-10-11-26-64-30-42(60)57-44(50(3,4)5)47(63)59-25-12-14-41(59)46(62)55-29-34-15-17-35(18-16-34)43-33(2)56-31-67-43/h15-24,27,31-32,41,44,48-49H,10-14,25-26,29-30H2,1-9H3,(H,55,62)(H,57,60)(H,58,61)/t32-,41+,44-,48-,49-/m1/s1. The van der Waals surface area contributed by atoms with Gasteiger partial charge in [-0.3, -0.25) is 19.2 Å². The van der Waals surface area contributed by atoms with E-state index in [9.17, 15) is 24.4 Å². The summed E-state index contributed by atoms with van der Waals surface area (Å²) in [7, 11) is 0. The first-order chi connectivity index (χ1) is 31.7. The van der Waals surface area contributed by atoms with Crippen LogP contribution in [0.1, 0.15) is 115 Å². The van der Waals surface area contributed by atoms with E-state index in [1.165, 1.54) is 0 Å². The number of carbonyl (C=O) groups is 4. The van der Waals surface area contributed by atoms with Crippen molar-refractivity contribution in [1.29, 1.82) is 5.26 Å². The van der Waals surface area contributed by atoms with Crippen LogP contribution in [-0.2, 0) is 25.7 Å². The number of amides is 4. The van der Waals surface area contributed by atoms with Crippen molar-refractivity contribution in [3.05, 3.63) is 99.6 Å². The predicted octanol–water partition coefficient (Wildman–Crippen LogP) is 9.05. The Morgan fingerprint density at radius 1 is 0.985 bits per heavy atom. The molecule has 3 N–H and O–H groups in total. The molecule has 1 saturated heterocycles. The Bertz CT molecular complexity index is 2410. The quantitative estimate of drug-likeness (QED) is 0.0776. The predicted molar refractivity (Wildman–Crippen MR) is 261 cm³/mol. The van der Waals surface area contributed by atoms with Crippen molar-refractivity contribution in [1.82, 2.24) is 25.8 Å². The minimum atomic E-state index is -0.834. The highest BCUT2D eigenvalue weighted by Crippen LogP contribution is 2.55. The lowest BCUT2D eigenvalue weighted by atomic mass is 9.49. The highest BCUT2D eigenvalue weighted by Gasteiger charge is 2.64. The molecular weight excluding hydrogens is 888 g/mol. The van der Waals surface area contributed by atoms with Gasteiger partial charge in [-0.2, -0.15) is 5.26 Å². The van der Waals surface area contributed by atoms with Crippen LogP contribution in [0.5, 0.6) is 11.5 Å². The van der Waals surface area contributed by atoms with Gasteiger partial charge in [-0.05, 0) is 98.9 Å². The fraction of sp³-hybridized carbons (Fsp3) is 0.500. The molecule has 2 fully saturated rings. The molecule has 13 nitrogen and oxygen atoms in total. The van der Waals surface area contributed by atoms with Gasteiger partial charge in [0.2, 0.25) is 17.7 Å². The number of likely N-dealkylation sites (tertiary alicyclic amines) is 1. The summed E-state index contributed by atoms with van der Waals surface area (Å²) < 4.78 is 18.2. The molecule has 1 aromatic heterocycles. The van der Waals surface area contributed by atoms with Crippen molar-refractivity contribution in [2.24, 2.45) is 16.2 Å². The molecule has 3 atom stereocenters. The number of hydrogen-bond acceptors (Lipinski definition) is 10. The highest BCUT2D eigenvalue weighted by molar-refractivity contribution is 7.13. The maximum absolute atomic E-state index is 14.0. The van der Waals surface area contributed by atoms with E-state index in [1.807, 2.05) is 64.4 Å². The molecule has 1 aliphatic carbocycles. The van der Waals surface area contributed by atoms with E-state index in [4.69, 9.17) is 25.8 Å². The first-order valence-electron chi connectivity index (χ1n) is 23.1. The van der Waals surface area contributed by atoms with Gasteiger partial charge >= 0.3 is 0 Å². The van der Waals surface area contributed by atoms with Gasteiger partial charge in [-0.1, -0.05) is 84.3 Å². The van der Waals surface area contributed by atoms with Crippen LogP contribution in [0.25, 0.3) is 10.4 Å². The normalized spacial score (nSPS) is 19.3. The van der Waals surface area contributed by atoms with Gasteiger partial charge in [0, 0.05) is 48.2 Å². The minimum absolute atomic E-state index is 0.0945. The van der Waals surface area contributed by atoms with E-state index in [2.05, 4.69) is 54.7 Å². The molecule has 0 bridgehead atoms. The Hall–Kier alpha value is -5.49. The molecule has 67 heavy (non-hydrogen) atoms. The van der Waals surface area contributed by atoms with E-state index in [1.54, 1.807) is 58.7 Å². The number of hydrogen-bond donors (Lipinski definition) is 3. The van der Waals surface area contributed by atoms with Crippen LogP contribution >= 0.6 is 22.9 Å². The SMILES string of the molecule is Cc1ncsc1-c1ccc(CNC(=O)[C@@H]2CCCN2C(=O)[C@@H](NC(=O)COCCCC[C@@H](C)Oc2ccc(C(=O)N[C@H]3C(C)(C)[C@H](Oc4ccc(C#N)c(Cl)c4)C3(C)C)cc2)C(C)(C)C)cc1. The molecule has 1 saturated carbocycles. The zero-order valence-electron chi connectivity index (χ0n) is 40.2. The summed E-state index contributed by atoms with van der Waals surface area (Å²) in [6.07, 6.45) is 3.23. The number of halogens is 1. The molecule has 15 heteroatoms. The first-order valence-corrected chi connectivity index (χ1v) is 24.3. The van der Waals surface area contributed by atoms with E-state index in [-0.39, 0.29) is 59.3 Å². The molecule has 3 aromatic carbocycles. The highest BCUT2D eigenvalue weighted by atomic mass is 35.5. The van der Waals surface area contributed by atoms with Crippen molar-refractivity contribution >= 4 is 46.6 Å². The van der Waals surface area contributed by atoms with Crippen molar-refractivity contribution in [3.8, 4) is 28.0 Å². The number of aromatic nitrogens is 1. The molecule has 0 radical (unpaired) electrons. The monoisotopic (exact) mass is 952 g/mol. The lowest BCUT2D eigenvalue weighted by Crippen LogP contribution is -2.74. The average Bonchev–Trinajstić information content (AvgIpc) is 3.96. The summed E-state index contributed by atoms with van der Waals surface area (Å²) in [6, 6.07) is 20.6. The van der Waals surface area contributed by atoms with Crippen LogP contribution in [0, 0.1) is 34.5 Å². The number of thiazole rings is 1. The van der Waals surface area contributed by atoms with Gasteiger partial charge in [0.15, 0.2) is 0 Å². The van der Waals surface area contributed by atoms with E-state index >= 15 is 0 Å². The first kappa shape index (κ1) is 50.9. The molecule has 4 aromatic rings. The Kier molecular flexibility index (Phi) is 16.4. The van der Waals surface area contributed by atoms with Crippen LogP contribution in [0.2, 0.25) is 5.02 Å². The molecule has 4 amide bonds. The van der Waals surface area contributed by atoms with Gasteiger partial charge in [-0.25, -0.2) is 4.98 Å². The Labute approximate surface area is 404 Å². The van der Waals surface area contributed by atoms with Crippen molar-refractivity contribution in [2.75, 3.05) is 19.8 Å². The number of rotatable bonds is 19. The Morgan fingerprint density at radius 2 is 1.67 bits per heavy atom. The second kappa shape index (κ2) is 21.6. The summed E-state index contributed by atoms with van der Waals surface area (Å²) >= 11 is 7.84. The van der Waals surface area contributed by atoms with Crippen LogP contribution in [0.4, 0.5) is 0 Å². The van der Waals surface area contributed by atoms with Crippen LogP contribution in [0.15, 0.2) is 72.2 Å². The molecule has 0 unspecified atom stereocenters. The molecular formula is C52H65ClN6O7S. The summed E-state index contributed by atoms with van der Waals surface area (Å²) in [5.74, 6) is 0.184. The second-order valence-electron chi connectivity index (χ2n) is 20.0. The van der Waals surface area contributed by atoms with E-state index in [0.717, 1.165) is 34.5 Å². The van der Waals surface area contributed by atoms with Gasteiger partial charge in [-0.15, -0.1) is 11.3 Å². The molecule has 6 rings (SSSR count). The molecule has 0 spiro atoms. The smallest absolute Gasteiger partial charge is 0.251 e. The molecule has 1 aliphatic heterocycles. The third-order valence-electron chi connectivity index (χ3n) is 13.0. The summed E-state index contributed by atoms with van der Waals surface area (Å²) in [6.45, 7) is 18.9. The molecule has 2 heterocycles. The summed E-state index contributed by atoms with van der Waals surface area (Å²) in [5.41, 5.74) is 4.39. The lowest BCUT2D eigenvalue weighted by Gasteiger charge is -2.63. The largest absolute Gasteiger partial charge is 0.491 e. The lowest BCUT2D eigenvalue weighted by molar-refractivity contribution is -0.164. The number of nitrogens with zero attached hydrogens (tertiary/aromatic N) is 3. The number of nitrogens with one attached hydrogen (secondary N) is 3. The molecule has 358 valence electrons. The number of unbranched alkanes of at least 4 members (excludes halogenated alkanes) is 1. The zero-order chi connectivity index (χ0) is 48.7. The third-order valence-corrected chi connectivity index (χ3v) is 14.2. The van der Waals surface area contributed by atoms with Crippen molar-refractivity contribution < 1.29 is 33.4 Å². The maximum Gasteiger partial charge on any atom is 0.251 e. The number of aryl methyl sites for hydroxylation is 1. The zero-order valence-corrected chi connectivity index (χ0v) is 41.7. The number of carbonyl (C=O) groups excluding carboxylic acids is 4. The fourth-order valence-corrected chi connectivity index (χ4v) is 10.6. The Morgan fingerprint density at radius 3 is 2.30 bits per heavy atom. The third kappa shape index (κ3) is 12.4. The number of benzene rings is 3. The molecule has 2 aliphatic rings. The summed E-state index contributed by atoms with van der Waals surface area (Å²) in [5, 5.41) is 18.7. The minimum Gasteiger partial charge on any atom is -0.491 e. The second-order valence-corrected chi connectivity index (χ2v) is 21.3. The van der Waals surface area contributed by atoms with Crippen molar-refractivity contribution in [3.63, 3.8) is 0 Å².